The quantitative estimate of drug-likeness (QED) is 0.750. The first-order chi connectivity index (χ1) is 7.27. The summed E-state index contributed by atoms with van der Waals surface area (Å²) in [7, 11) is 2.22. The first-order valence-electron chi connectivity index (χ1n) is 6.26. The lowest BCUT2D eigenvalue weighted by atomic mass is 9.89. The predicted molar refractivity (Wildman–Crippen MR) is 75.4 cm³/mol. The molecule has 1 heterocycles. The molecule has 96 valence electrons. The zero-order chi connectivity index (χ0) is 12.4. The van der Waals surface area contributed by atoms with E-state index in [2.05, 4.69) is 50.8 Å². The summed E-state index contributed by atoms with van der Waals surface area (Å²) in [5.74, 6) is 0. The van der Waals surface area contributed by atoms with E-state index in [9.17, 15) is 0 Å². The highest BCUT2D eigenvalue weighted by Crippen LogP contribution is 2.34. The molecule has 1 saturated heterocycles. The Bertz CT molecular complexity index is 218. The maximum atomic E-state index is 2.66. The third-order valence-electron chi connectivity index (χ3n) is 3.77. The van der Waals surface area contributed by atoms with Crippen molar-refractivity contribution in [3.63, 3.8) is 0 Å². The zero-order valence-corrected chi connectivity index (χ0v) is 12.7. The first kappa shape index (κ1) is 14.3. The number of nitrogens with zero attached hydrogens (tertiary/aromatic N) is 2. The third-order valence-corrected chi connectivity index (χ3v) is 5.02. The van der Waals surface area contributed by atoms with Crippen molar-refractivity contribution < 1.29 is 0 Å². The Morgan fingerprint density at radius 3 is 1.94 bits per heavy atom. The lowest BCUT2D eigenvalue weighted by Gasteiger charge is -2.46. The van der Waals surface area contributed by atoms with Gasteiger partial charge in [-0.15, -0.1) is 0 Å². The fourth-order valence-corrected chi connectivity index (χ4v) is 3.14. The molecule has 1 aliphatic rings. The standard InChI is InChI=1S/C13H28N2S/c1-12(2,11-13(3,4)16-6)15-9-7-14(5)8-10-15/h7-11H2,1-6H3. The van der Waals surface area contributed by atoms with Gasteiger partial charge in [0.15, 0.2) is 0 Å². The summed E-state index contributed by atoms with van der Waals surface area (Å²) in [6.07, 6.45) is 3.48. The highest BCUT2D eigenvalue weighted by atomic mass is 32.2. The van der Waals surface area contributed by atoms with Gasteiger partial charge in [0.25, 0.3) is 0 Å². The fourth-order valence-electron chi connectivity index (χ4n) is 2.64. The van der Waals surface area contributed by atoms with Crippen LogP contribution in [-0.4, -0.2) is 59.6 Å². The van der Waals surface area contributed by atoms with Crippen LogP contribution in [0.2, 0.25) is 0 Å². The van der Waals surface area contributed by atoms with Gasteiger partial charge in [-0.3, -0.25) is 4.90 Å². The average molecular weight is 244 g/mol. The molecule has 0 aliphatic carbocycles. The number of likely N-dealkylation sites (N-methyl/N-ethyl adjacent to an activating group) is 1. The van der Waals surface area contributed by atoms with Gasteiger partial charge in [-0.05, 0) is 33.6 Å². The molecule has 0 aromatic heterocycles. The van der Waals surface area contributed by atoms with Gasteiger partial charge >= 0.3 is 0 Å². The van der Waals surface area contributed by atoms with Crippen molar-refractivity contribution in [2.45, 2.75) is 44.4 Å². The summed E-state index contributed by atoms with van der Waals surface area (Å²) in [5, 5.41) is 0. The molecule has 3 heteroatoms. The van der Waals surface area contributed by atoms with E-state index in [1.807, 2.05) is 11.8 Å². The van der Waals surface area contributed by atoms with Crippen LogP contribution in [0.5, 0.6) is 0 Å². The molecule has 0 N–H and O–H groups in total. The molecular weight excluding hydrogens is 216 g/mol. The SMILES string of the molecule is CSC(C)(C)CC(C)(C)N1CCN(C)CC1. The molecule has 0 saturated carbocycles. The number of piperazine rings is 1. The van der Waals surface area contributed by atoms with E-state index in [0.717, 1.165) is 0 Å². The van der Waals surface area contributed by atoms with E-state index in [1.54, 1.807) is 0 Å². The molecule has 1 rings (SSSR count). The maximum Gasteiger partial charge on any atom is 0.0167 e. The van der Waals surface area contributed by atoms with Crippen molar-refractivity contribution in [1.29, 1.82) is 0 Å². The third kappa shape index (κ3) is 3.94. The van der Waals surface area contributed by atoms with E-state index >= 15 is 0 Å². The maximum absolute atomic E-state index is 2.66. The highest BCUT2D eigenvalue weighted by Gasteiger charge is 2.34. The Labute approximate surface area is 106 Å². The van der Waals surface area contributed by atoms with E-state index in [4.69, 9.17) is 0 Å². The second-order valence-electron chi connectivity index (χ2n) is 6.24. The van der Waals surface area contributed by atoms with Gasteiger partial charge in [-0.1, -0.05) is 13.8 Å². The number of thioether (sulfide) groups is 1. The summed E-state index contributed by atoms with van der Waals surface area (Å²) >= 11 is 1.98. The van der Waals surface area contributed by atoms with Gasteiger partial charge in [0, 0.05) is 36.5 Å². The number of rotatable bonds is 4. The minimum atomic E-state index is 0.327. The largest absolute Gasteiger partial charge is 0.304 e. The lowest BCUT2D eigenvalue weighted by molar-refractivity contribution is 0.0520. The Morgan fingerprint density at radius 1 is 1.00 bits per heavy atom. The van der Waals surface area contributed by atoms with E-state index in [1.165, 1.54) is 32.6 Å². The minimum Gasteiger partial charge on any atom is -0.304 e. The average Bonchev–Trinajstić information content (AvgIpc) is 2.17. The summed E-state index contributed by atoms with van der Waals surface area (Å²) in [4.78, 5) is 5.08. The zero-order valence-electron chi connectivity index (χ0n) is 11.8. The summed E-state index contributed by atoms with van der Waals surface area (Å²) in [5.41, 5.74) is 0.327. The van der Waals surface area contributed by atoms with Gasteiger partial charge in [-0.2, -0.15) is 11.8 Å². The smallest absolute Gasteiger partial charge is 0.0167 e. The minimum absolute atomic E-state index is 0.327. The van der Waals surface area contributed by atoms with Crippen molar-refractivity contribution in [2.24, 2.45) is 0 Å². The molecular formula is C13H28N2S. The van der Waals surface area contributed by atoms with Gasteiger partial charge in [-0.25, -0.2) is 0 Å². The van der Waals surface area contributed by atoms with Crippen molar-refractivity contribution in [3.05, 3.63) is 0 Å². The number of hydrogen-bond donors (Lipinski definition) is 0. The highest BCUT2D eigenvalue weighted by molar-refractivity contribution is 7.99. The topological polar surface area (TPSA) is 6.48 Å². The van der Waals surface area contributed by atoms with E-state index in [0.29, 0.717) is 10.3 Å². The van der Waals surface area contributed by atoms with Crippen LogP contribution in [0.15, 0.2) is 0 Å². The summed E-state index contributed by atoms with van der Waals surface area (Å²) in [6, 6.07) is 0. The molecule has 1 aliphatic heterocycles. The van der Waals surface area contributed by atoms with Crippen LogP contribution in [0.3, 0.4) is 0 Å². The molecule has 0 amide bonds. The first-order valence-corrected chi connectivity index (χ1v) is 7.48. The van der Waals surface area contributed by atoms with Crippen LogP contribution in [0.4, 0.5) is 0 Å². The van der Waals surface area contributed by atoms with Gasteiger partial charge in [0.2, 0.25) is 0 Å². The van der Waals surface area contributed by atoms with Crippen LogP contribution in [0.1, 0.15) is 34.1 Å². The molecule has 2 nitrogen and oxygen atoms in total. The predicted octanol–water partition coefficient (Wildman–Crippen LogP) is 2.54. The van der Waals surface area contributed by atoms with Crippen LogP contribution in [0.25, 0.3) is 0 Å². The van der Waals surface area contributed by atoms with E-state index < -0.39 is 0 Å². The van der Waals surface area contributed by atoms with Crippen molar-refractivity contribution in [2.75, 3.05) is 39.5 Å². The fraction of sp³-hybridized carbons (Fsp3) is 1.00. The molecule has 0 aromatic carbocycles. The summed E-state index contributed by atoms with van der Waals surface area (Å²) < 4.78 is 0.382. The number of hydrogen-bond acceptors (Lipinski definition) is 3. The second kappa shape index (κ2) is 5.28. The molecule has 0 unspecified atom stereocenters. The normalized spacial score (nSPS) is 21.4. The van der Waals surface area contributed by atoms with E-state index in [-0.39, 0.29) is 0 Å². The molecule has 0 aromatic rings. The monoisotopic (exact) mass is 244 g/mol. The Balaban J connectivity index is 2.56. The molecule has 0 bridgehead atoms. The van der Waals surface area contributed by atoms with Crippen molar-refractivity contribution in [1.82, 2.24) is 9.80 Å². The Hall–Kier alpha value is 0.270. The molecule has 0 radical (unpaired) electrons. The molecule has 0 atom stereocenters. The van der Waals surface area contributed by atoms with Gasteiger partial charge in [0.05, 0.1) is 0 Å². The van der Waals surface area contributed by atoms with Crippen LogP contribution in [-0.2, 0) is 0 Å². The molecule has 16 heavy (non-hydrogen) atoms. The molecule has 0 spiro atoms. The van der Waals surface area contributed by atoms with Gasteiger partial charge < -0.3 is 4.90 Å². The van der Waals surface area contributed by atoms with Crippen LogP contribution in [0, 0.1) is 0 Å². The lowest BCUT2D eigenvalue weighted by Crippen LogP contribution is -2.55. The Kier molecular flexibility index (Phi) is 4.73. The second-order valence-corrected chi connectivity index (χ2v) is 7.76. The van der Waals surface area contributed by atoms with Crippen LogP contribution < -0.4 is 0 Å². The van der Waals surface area contributed by atoms with Crippen molar-refractivity contribution in [3.8, 4) is 0 Å². The molecule has 1 fully saturated rings. The van der Waals surface area contributed by atoms with Gasteiger partial charge in [0.1, 0.15) is 0 Å². The summed E-state index contributed by atoms with van der Waals surface area (Å²) in [6.45, 7) is 14.4. The Morgan fingerprint density at radius 2 is 1.50 bits per heavy atom. The van der Waals surface area contributed by atoms with Crippen LogP contribution >= 0.6 is 11.8 Å². The van der Waals surface area contributed by atoms with Crippen molar-refractivity contribution >= 4 is 11.8 Å².